The third-order valence-corrected chi connectivity index (χ3v) is 2.49. The molecule has 0 unspecified atom stereocenters. The van der Waals surface area contributed by atoms with Crippen LogP contribution in [0.4, 0.5) is 11.4 Å². The molecule has 0 radical (unpaired) electrons. The quantitative estimate of drug-likeness (QED) is 0.730. The van der Waals surface area contributed by atoms with Crippen molar-refractivity contribution < 1.29 is 4.79 Å². The predicted molar refractivity (Wildman–Crippen MR) is 63.8 cm³/mol. The fourth-order valence-corrected chi connectivity index (χ4v) is 1.32. The van der Waals surface area contributed by atoms with Crippen LogP contribution in [0.2, 0.25) is 0 Å². The molecule has 0 saturated carbocycles. The maximum absolute atomic E-state index is 11.6. The van der Waals surface area contributed by atoms with Gasteiger partial charge in [0.1, 0.15) is 0 Å². The van der Waals surface area contributed by atoms with Crippen molar-refractivity contribution in [1.29, 1.82) is 0 Å². The second-order valence-electron chi connectivity index (χ2n) is 4.12. The molecule has 0 aliphatic rings. The van der Waals surface area contributed by atoms with Crippen molar-refractivity contribution in [2.45, 2.75) is 27.7 Å². The number of nitrogens with one attached hydrogen (secondary N) is 1. The van der Waals surface area contributed by atoms with E-state index in [0.29, 0.717) is 5.69 Å². The summed E-state index contributed by atoms with van der Waals surface area (Å²) in [5, 5.41) is 2.90. The largest absolute Gasteiger partial charge is 0.398 e. The fourth-order valence-electron chi connectivity index (χ4n) is 1.32. The highest BCUT2D eigenvalue weighted by Crippen LogP contribution is 2.25. The van der Waals surface area contributed by atoms with Crippen molar-refractivity contribution in [2.24, 2.45) is 5.92 Å². The zero-order valence-electron chi connectivity index (χ0n) is 9.72. The molecule has 82 valence electrons. The van der Waals surface area contributed by atoms with Crippen LogP contribution in [0.1, 0.15) is 25.0 Å². The first kappa shape index (κ1) is 11.6. The lowest BCUT2D eigenvalue weighted by Crippen LogP contribution is -2.19. The zero-order valence-corrected chi connectivity index (χ0v) is 9.72. The fraction of sp³-hybridized carbons (Fsp3) is 0.417. The molecule has 0 aliphatic heterocycles. The van der Waals surface area contributed by atoms with E-state index >= 15 is 0 Å². The molecule has 0 bridgehead atoms. The van der Waals surface area contributed by atoms with Crippen LogP contribution >= 0.6 is 0 Å². The molecule has 0 heterocycles. The summed E-state index contributed by atoms with van der Waals surface area (Å²) in [7, 11) is 0. The number of benzene rings is 1. The summed E-state index contributed by atoms with van der Waals surface area (Å²) in [5.74, 6) is -0.00275. The van der Waals surface area contributed by atoms with Gasteiger partial charge in [-0.15, -0.1) is 0 Å². The van der Waals surface area contributed by atoms with E-state index in [1.165, 1.54) is 0 Å². The molecule has 3 nitrogen and oxygen atoms in total. The van der Waals surface area contributed by atoms with E-state index in [1.54, 1.807) is 0 Å². The van der Waals surface area contributed by atoms with E-state index in [4.69, 9.17) is 5.73 Å². The van der Waals surface area contributed by atoms with E-state index in [2.05, 4.69) is 5.32 Å². The molecule has 1 aromatic rings. The summed E-state index contributed by atoms with van der Waals surface area (Å²) in [4.78, 5) is 11.6. The number of rotatable bonds is 2. The number of carbonyl (C=O) groups is 1. The number of anilines is 2. The van der Waals surface area contributed by atoms with E-state index in [1.807, 2.05) is 39.8 Å². The molecule has 15 heavy (non-hydrogen) atoms. The maximum Gasteiger partial charge on any atom is 0.226 e. The molecule has 0 atom stereocenters. The van der Waals surface area contributed by atoms with Gasteiger partial charge < -0.3 is 11.1 Å². The summed E-state index contributed by atoms with van der Waals surface area (Å²) in [6.07, 6.45) is 0. The standard InChI is InChI=1S/C12H18N2O/c1-7(2)12(15)14-11-8(3)5-6-10(13)9(11)4/h5-7H,13H2,1-4H3,(H,14,15). The molecular formula is C12H18N2O. The smallest absolute Gasteiger partial charge is 0.226 e. The SMILES string of the molecule is Cc1ccc(N)c(C)c1NC(=O)C(C)C. The Balaban J connectivity index is 3.04. The number of hydrogen-bond donors (Lipinski definition) is 2. The molecule has 1 amide bonds. The Labute approximate surface area is 90.7 Å². The molecule has 0 fully saturated rings. The molecule has 0 saturated heterocycles. The normalized spacial score (nSPS) is 10.5. The zero-order chi connectivity index (χ0) is 11.6. The number of nitrogen functional groups attached to an aromatic ring is 1. The van der Waals surface area contributed by atoms with Gasteiger partial charge >= 0.3 is 0 Å². The lowest BCUT2D eigenvalue weighted by Gasteiger charge is -2.14. The Morgan fingerprint density at radius 2 is 1.93 bits per heavy atom. The number of amides is 1. The highest BCUT2D eigenvalue weighted by molar-refractivity contribution is 5.94. The van der Waals surface area contributed by atoms with Gasteiger partial charge in [0.2, 0.25) is 5.91 Å². The highest BCUT2D eigenvalue weighted by atomic mass is 16.1. The van der Waals surface area contributed by atoms with Crippen molar-refractivity contribution in [3.8, 4) is 0 Å². The van der Waals surface area contributed by atoms with Crippen LogP contribution in [0, 0.1) is 19.8 Å². The van der Waals surface area contributed by atoms with Crippen molar-refractivity contribution in [3.05, 3.63) is 23.3 Å². The van der Waals surface area contributed by atoms with Crippen molar-refractivity contribution in [1.82, 2.24) is 0 Å². The summed E-state index contributed by atoms with van der Waals surface area (Å²) in [5.41, 5.74) is 9.31. The topological polar surface area (TPSA) is 55.1 Å². The number of aryl methyl sites for hydroxylation is 1. The third-order valence-electron chi connectivity index (χ3n) is 2.49. The van der Waals surface area contributed by atoms with Crippen LogP contribution in [0.15, 0.2) is 12.1 Å². The Morgan fingerprint density at radius 3 is 2.47 bits per heavy atom. The van der Waals surface area contributed by atoms with E-state index in [-0.39, 0.29) is 11.8 Å². The van der Waals surface area contributed by atoms with E-state index < -0.39 is 0 Å². The van der Waals surface area contributed by atoms with Crippen LogP contribution in [0.5, 0.6) is 0 Å². The van der Waals surface area contributed by atoms with E-state index in [0.717, 1.165) is 16.8 Å². The van der Waals surface area contributed by atoms with Crippen LogP contribution in [-0.4, -0.2) is 5.91 Å². The molecule has 0 aliphatic carbocycles. The van der Waals surface area contributed by atoms with Crippen molar-refractivity contribution in [3.63, 3.8) is 0 Å². The Bertz CT molecular complexity index is 383. The number of carbonyl (C=O) groups excluding carboxylic acids is 1. The van der Waals surface area contributed by atoms with Crippen molar-refractivity contribution in [2.75, 3.05) is 11.1 Å². The average Bonchev–Trinajstić information content (AvgIpc) is 2.18. The minimum Gasteiger partial charge on any atom is -0.398 e. The van der Waals surface area contributed by atoms with Crippen LogP contribution in [0.25, 0.3) is 0 Å². The van der Waals surface area contributed by atoms with Gasteiger partial charge in [-0.25, -0.2) is 0 Å². The summed E-state index contributed by atoms with van der Waals surface area (Å²) < 4.78 is 0. The monoisotopic (exact) mass is 206 g/mol. The Hall–Kier alpha value is -1.51. The number of nitrogens with two attached hydrogens (primary N) is 1. The van der Waals surface area contributed by atoms with Crippen LogP contribution in [0.3, 0.4) is 0 Å². The second kappa shape index (κ2) is 4.34. The minimum absolute atomic E-state index is 0.0202. The van der Waals surface area contributed by atoms with Gasteiger partial charge in [0.05, 0.1) is 0 Å². The lowest BCUT2D eigenvalue weighted by atomic mass is 10.1. The van der Waals surface area contributed by atoms with Gasteiger partial charge in [-0.1, -0.05) is 19.9 Å². The highest BCUT2D eigenvalue weighted by Gasteiger charge is 2.11. The Kier molecular flexibility index (Phi) is 3.35. The molecular weight excluding hydrogens is 188 g/mol. The average molecular weight is 206 g/mol. The predicted octanol–water partition coefficient (Wildman–Crippen LogP) is 2.48. The first-order chi connectivity index (χ1) is 6.93. The summed E-state index contributed by atoms with van der Waals surface area (Å²) in [6.45, 7) is 7.61. The molecule has 1 aromatic carbocycles. The van der Waals surface area contributed by atoms with Crippen LogP contribution in [-0.2, 0) is 4.79 Å². The lowest BCUT2D eigenvalue weighted by molar-refractivity contribution is -0.118. The van der Waals surface area contributed by atoms with Crippen LogP contribution < -0.4 is 11.1 Å². The first-order valence-corrected chi connectivity index (χ1v) is 5.10. The maximum atomic E-state index is 11.6. The third kappa shape index (κ3) is 2.49. The van der Waals surface area contributed by atoms with Gasteiger partial charge in [-0.05, 0) is 31.0 Å². The molecule has 0 aromatic heterocycles. The molecule has 3 heteroatoms. The van der Waals surface area contributed by atoms with Gasteiger partial charge in [-0.2, -0.15) is 0 Å². The Morgan fingerprint density at radius 1 is 1.33 bits per heavy atom. The van der Waals surface area contributed by atoms with E-state index in [9.17, 15) is 4.79 Å². The van der Waals surface area contributed by atoms with Gasteiger partial charge in [0.15, 0.2) is 0 Å². The van der Waals surface area contributed by atoms with Gasteiger partial charge in [-0.3, -0.25) is 4.79 Å². The molecule has 0 spiro atoms. The first-order valence-electron chi connectivity index (χ1n) is 5.10. The summed E-state index contributed by atoms with van der Waals surface area (Å²) >= 11 is 0. The summed E-state index contributed by atoms with van der Waals surface area (Å²) in [6, 6.07) is 3.77. The van der Waals surface area contributed by atoms with Crippen molar-refractivity contribution >= 4 is 17.3 Å². The molecule has 3 N–H and O–H groups in total. The van der Waals surface area contributed by atoms with Gasteiger partial charge in [0.25, 0.3) is 0 Å². The minimum atomic E-state index is -0.0229. The van der Waals surface area contributed by atoms with Gasteiger partial charge in [0, 0.05) is 17.3 Å². The molecule has 1 rings (SSSR count). The number of hydrogen-bond acceptors (Lipinski definition) is 2. The second-order valence-corrected chi connectivity index (χ2v) is 4.12.